The molecule has 2 aromatic carbocycles. The summed E-state index contributed by atoms with van der Waals surface area (Å²) in [6.45, 7) is 1.73. The van der Waals surface area contributed by atoms with Gasteiger partial charge in [-0.2, -0.15) is 0 Å². The van der Waals surface area contributed by atoms with Crippen molar-refractivity contribution in [3.05, 3.63) is 77.0 Å². The minimum atomic E-state index is -0.828. The maximum Gasteiger partial charge on any atom is 0.412 e. The van der Waals surface area contributed by atoms with E-state index in [-0.39, 0.29) is 6.42 Å². The van der Waals surface area contributed by atoms with Crippen molar-refractivity contribution in [3.63, 3.8) is 0 Å². The van der Waals surface area contributed by atoms with Crippen LogP contribution in [0.1, 0.15) is 37.0 Å². The van der Waals surface area contributed by atoms with Gasteiger partial charge in [0.05, 0.1) is 0 Å². The molecule has 0 fully saturated rings. The fraction of sp³-hybridized carbons (Fsp3) is 0.174. The molecule has 0 saturated heterocycles. The monoisotopic (exact) mass is 440 g/mol. The number of anilines is 1. The van der Waals surface area contributed by atoms with Gasteiger partial charge in [0, 0.05) is 22.6 Å². The molecule has 7 nitrogen and oxygen atoms in total. The molecule has 1 aromatic heterocycles. The average Bonchev–Trinajstić information content (AvgIpc) is 3.19. The van der Waals surface area contributed by atoms with Gasteiger partial charge in [-0.3, -0.25) is 10.1 Å². The van der Waals surface area contributed by atoms with E-state index in [0.717, 1.165) is 11.1 Å². The van der Waals surface area contributed by atoms with E-state index in [1.807, 2.05) is 42.5 Å². The van der Waals surface area contributed by atoms with Gasteiger partial charge in [-0.05, 0) is 25.0 Å². The van der Waals surface area contributed by atoms with Crippen LogP contribution in [0.15, 0.2) is 65.4 Å². The number of hydrogen-bond acceptors (Lipinski definition) is 5. The Bertz CT molecular complexity index is 1080. The van der Waals surface area contributed by atoms with E-state index in [4.69, 9.17) is 26.0 Å². The van der Waals surface area contributed by atoms with Gasteiger partial charge in [-0.1, -0.05) is 71.4 Å². The summed E-state index contributed by atoms with van der Waals surface area (Å²) in [6, 6.07) is 14.5. The van der Waals surface area contributed by atoms with Gasteiger partial charge in [0.1, 0.15) is 23.7 Å². The summed E-state index contributed by atoms with van der Waals surface area (Å²) in [5.74, 6) is -0.828. The van der Waals surface area contributed by atoms with Crippen molar-refractivity contribution in [2.75, 3.05) is 5.32 Å². The van der Waals surface area contributed by atoms with E-state index in [9.17, 15) is 9.59 Å². The zero-order chi connectivity index (χ0) is 22.2. The molecule has 0 aliphatic carbocycles. The zero-order valence-corrected chi connectivity index (χ0v) is 17.5. The molecule has 160 valence electrons. The third-order valence-electron chi connectivity index (χ3n) is 4.45. The van der Waals surface area contributed by atoms with Crippen LogP contribution in [-0.2, 0) is 9.53 Å². The molecule has 0 saturated carbocycles. The number of hydrogen-bond donors (Lipinski definition) is 2. The molecule has 2 N–H and O–H groups in total. The van der Waals surface area contributed by atoms with Crippen molar-refractivity contribution < 1.29 is 24.0 Å². The summed E-state index contributed by atoms with van der Waals surface area (Å²) < 4.78 is 10.4. The number of aliphatic carboxylic acids is 1. The van der Waals surface area contributed by atoms with Crippen molar-refractivity contribution in [1.82, 2.24) is 5.16 Å². The van der Waals surface area contributed by atoms with Crippen LogP contribution in [0.4, 0.5) is 10.5 Å². The summed E-state index contributed by atoms with van der Waals surface area (Å²) in [5, 5.41) is 15.8. The first kappa shape index (κ1) is 22.1. The minimum Gasteiger partial charge on any atom is -0.481 e. The standard InChI is InChI=1S/C23H21ClN2O5/c1-15(18-7-3-4-8-19(18)24)31-23(29)25-20-14-30-26-22(20)17-12-10-16(11-13-17)6-2-5-9-21(27)28/h2-4,6-8,10-15H,5,9H2,1H3,(H,25,29)(H,27,28)/b6-2+/t15-/m1/s1. The molecule has 0 aliphatic heterocycles. The summed E-state index contributed by atoms with van der Waals surface area (Å²) in [5.41, 5.74) is 3.20. The number of rotatable bonds is 8. The third kappa shape index (κ3) is 6.20. The van der Waals surface area contributed by atoms with Gasteiger partial charge >= 0.3 is 12.1 Å². The maximum absolute atomic E-state index is 12.3. The second-order valence-corrected chi connectivity index (χ2v) is 7.13. The highest BCUT2D eigenvalue weighted by Gasteiger charge is 2.18. The van der Waals surface area contributed by atoms with Crippen molar-refractivity contribution >= 4 is 35.4 Å². The maximum atomic E-state index is 12.3. The number of nitrogens with zero attached hydrogens (tertiary/aromatic N) is 1. The fourth-order valence-electron chi connectivity index (χ4n) is 2.88. The molecule has 1 amide bonds. The highest BCUT2D eigenvalue weighted by molar-refractivity contribution is 6.31. The summed E-state index contributed by atoms with van der Waals surface area (Å²) in [6.07, 6.45) is 4.34. The zero-order valence-electron chi connectivity index (χ0n) is 16.7. The molecule has 3 rings (SSSR count). The van der Waals surface area contributed by atoms with Crippen molar-refractivity contribution in [2.24, 2.45) is 0 Å². The lowest BCUT2D eigenvalue weighted by Crippen LogP contribution is -2.16. The molecule has 1 heterocycles. The number of benzene rings is 2. The molecule has 0 spiro atoms. The summed E-state index contributed by atoms with van der Waals surface area (Å²) in [7, 11) is 0. The van der Waals surface area contributed by atoms with E-state index in [1.54, 1.807) is 25.1 Å². The molecule has 3 aromatic rings. The Morgan fingerprint density at radius 2 is 1.97 bits per heavy atom. The topological polar surface area (TPSA) is 102 Å². The van der Waals surface area contributed by atoms with Crippen LogP contribution in [-0.4, -0.2) is 22.3 Å². The lowest BCUT2D eigenvalue weighted by Gasteiger charge is -2.15. The fourth-order valence-corrected chi connectivity index (χ4v) is 3.17. The minimum absolute atomic E-state index is 0.0910. The van der Waals surface area contributed by atoms with Crippen molar-refractivity contribution in [2.45, 2.75) is 25.9 Å². The largest absolute Gasteiger partial charge is 0.481 e. The number of amides is 1. The number of allylic oxidation sites excluding steroid dienone is 1. The first-order valence-corrected chi connectivity index (χ1v) is 9.97. The Balaban J connectivity index is 1.63. The normalized spacial score (nSPS) is 11.9. The lowest BCUT2D eigenvalue weighted by atomic mass is 10.1. The molecule has 0 aliphatic rings. The molecule has 1 atom stereocenters. The number of carbonyl (C=O) groups is 2. The Kier molecular flexibility index (Phi) is 7.45. The average molecular weight is 441 g/mol. The van der Waals surface area contributed by atoms with Gasteiger partial charge in [0.25, 0.3) is 0 Å². The predicted molar refractivity (Wildman–Crippen MR) is 118 cm³/mol. The predicted octanol–water partition coefficient (Wildman–Crippen LogP) is 6.18. The first-order chi connectivity index (χ1) is 14.9. The number of aromatic nitrogens is 1. The van der Waals surface area contributed by atoms with E-state index in [1.165, 1.54) is 6.26 Å². The number of ether oxygens (including phenoxy) is 1. The number of halogens is 1. The first-order valence-electron chi connectivity index (χ1n) is 9.59. The number of nitrogens with one attached hydrogen (secondary N) is 1. The van der Waals surface area contributed by atoms with E-state index in [0.29, 0.717) is 28.4 Å². The van der Waals surface area contributed by atoms with Crippen LogP contribution in [0.5, 0.6) is 0 Å². The summed E-state index contributed by atoms with van der Waals surface area (Å²) in [4.78, 5) is 22.9. The van der Waals surface area contributed by atoms with Crippen LogP contribution < -0.4 is 5.32 Å². The van der Waals surface area contributed by atoms with E-state index < -0.39 is 18.2 Å². The van der Waals surface area contributed by atoms with Gasteiger partial charge in [-0.25, -0.2) is 4.79 Å². The van der Waals surface area contributed by atoms with Crippen LogP contribution >= 0.6 is 11.6 Å². The van der Waals surface area contributed by atoms with Crippen LogP contribution in [0, 0.1) is 0 Å². The third-order valence-corrected chi connectivity index (χ3v) is 4.80. The van der Waals surface area contributed by atoms with Gasteiger partial charge in [0.15, 0.2) is 0 Å². The highest BCUT2D eigenvalue weighted by atomic mass is 35.5. The van der Waals surface area contributed by atoms with Crippen molar-refractivity contribution in [3.8, 4) is 11.3 Å². The number of carbonyl (C=O) groups excluding carboxylic acids is 1. The van der Waals surface area contributed by atoms with Crippen molar-refractivity contribution in [1.29, 1.82) is 0 Å². The molecule has 31 heavy (non-hydrogen) atoms. The SMILES string of the molecule is C[C@@H](OC(=O)Nc1conc1-c1ccc(/C=C/CCC(=O)O)cc1)c1ccccc1Cl. The lowest BCUT2D eigenvalue weighted by molar-refractivity contribution is -0.136. The van der Waals surface area contributed by atoms with Gasteiger partial charge in [0.2, 0.25) is 0 Å². The smallest absolute Gasteiger partial charge is 0.412 e. The molecular weight excluding hydrogens is 420 g/mol. The molecular formula is C23H21ClN2O5. The summed E-state index contributed by atoms with van der Waals surface area (Å²) >= 11 is 6.15. The van der Waals surface area contributed by atoms with E-state index in [2.05, 4.69) is 10.5 Å². The van der Waals surface area contributed by atoms with Gasteiger partial charge in [-0.15, -0.1) is 0 Å². The number of carboxylic acids is 1. The molecule has 0 radical (unpaired) electrons. The Hall–Kier alpha value is -3.58. The Labute approximate surface area is 184 Å². The quantitative estimate of drug-likeness (QED) is 0.433. The highest BCUT2D eigenvalue weighted by Crippen LogP contribution is 2.29. The number of carboxylic acid groups (broad SMARTS) is 1. The Morgan fingerprint density at radius 3 is 2.68 bits per heavy atom. The van der Waals surface area contributed by atoms with Gasteiger partial charge < -0.3 is 14.4 Å². The molecule has 8 heteroatoms. The molecule has 0 unspecified atom stereocenters. The van der Waals surface area contributed by atoms with Crippen LogP contribution in [0.25, 0.3) is 17.3 Å². The second kappa shape index (κ2) is 10.4. The molecule has 0 bridgehead atoms. The second-order valence-electron chi connectivity index (χ2n) is 6.73. The van der Waals surface area contributed by atoms with Crippen LogP contribution in [0.3, 0.4) is 0 Å². The van der Waals surface area contributed by atoms with Crippen LogP contribution in [0.2, 0.25) is 5.02 Å². The Morgan fingerprint density at radius 1 is 1.23 bits per heavy atom. The van der Waals surface area contributed by atoms with E-state index >= 15 is 0 Å².